The predicted molar refractivity (Wildman–Crippen MR) is 132 cm³/mol. The smallest absolute Gasteiger partial charge is 0.127 e. The molecule has 0 amide bonds. The van der Waals surface area contributed by atoms with Crippen LogP contribution in [0.4, 0.5) is 4.39 Å². The molecule has 31 heavy (non-hydrogen) atoms. The summed E-state index contributed by atoms with van der Waals surface area (Å²) in [6.45, 7) is 4.33. The summed E-state index contributed by atoms with van der Waals surface area (Å²) in [7, 11) is 0. The Bertz CT molecular complexity index is 879. The average molecular weight is 421 g/mol. The second kappa shape index (κ2) is 10.8. The van der Waals surface area contributed by atoms with Crippen molar-refractivity contribution in [3.05, 3.63) is 59.4 Å². The zero-order valence-corrected chi connectivity index (χ0v) is 19.7. The van der Waals surface area contributed by atoms with Crippen molar-refractivity contribution in [3.8, 4) is 0 Å². The van der Waals surface area contributed by atoms with E-state index >= 15 is 0 Å². The van der Waals surface area contributed by atoms with Crippen LogP contribution in [0, 0.1) is 23.6 Å². The van der Waals surface area contributed by atoms with Crippen LogP contribution in [0.1, 0.15) is 102 Å². The largest absolute Gasteiger partial charge is 0.207 e. The molecule has 2 aromatic rings. The number of rotatable bonds is 8. The number of aryl methyl sites for hydroxylation is 1. The topological polar surface area (TPSA) is 0 Å². The Labute approximate surface area is 189 Å². The highest BCUT2D eigenvalue weighted by molar-refractivity contribution is 5.84. The third-order valence-corrected chi connectivity index (χ3v) is 8.25. The molecule has 0 aliphatic heterocycles. The molecule has 0 radical (unpaired) electrons. The molecule has 4 atom stereocenters. The van der Waals surface area contributed by atoms with Gasteiger partial charge >= 0.3 is 0 Å². The lowest BCUT2D eigenvalue weighted by molar-refractivity contribution is 0.113. The van der Waals surface area contributed by atoms with Crippen molar-refractivity contribution >= 4 is 10.8 Å². The fourth-order valence-corrected chi connectivity index (χ4v) is 6.42. The van der Waals surface area contributed by atoms with Crippen LogP contribution < -0.4 is 0 Å². The van der Waals surface area contributed by atoms with E-state index in [1.54, 1.807) is 6.07 Å². The zero-order chi connectivity index (χ0) is 21.6. The van der Waals surface area contributed by atoms with Crippen LogP contribution in [0.2, 0.25) is 0 Å². The van der Waals surface area contributed by atoms with E-state index in [2.05, 4.69) is 37.3 Å². The number of allylic oxidation sites excluding steroid dienone is 2. The highest BCUT2D eigenvalue weighted by atomic mass is 19.1. The fourth-order valence-electron chi connectivity index (χ4n) is 6.42. The maximum atomic E-state index is 14.7. The summed E-state index contributed by atoms with van der Waals surface area (Å²) < 4.78 is 14.7. The molecule has 4 unspecified atom stereocenters. The van der Waals surface area contributed by atoms with Gasteiger partial charge in [0.05, 0.1) is 0 Å². The summed E-state index contributed by atoms with van der Waals surface area (Å²) in [5, 5.41) is 2.26. The third-order valence-electron chi connectivity index (χ3n) is 8.25. The highest BCUT2D eigenvalue weighted by Crippen LogP contribution is 2.48. The first-order valence-corrected chi connectivity index (χ1v) is 13.0. The number of hydrogen-bond donors (Lipinski definition) is 0. The van der Waals surface area contributed by atoms with E-state index in [0.717, 1.165) is 41.5 Å². The lowest BCUT2D eigenvalue weighted by atomic mass is 9.63. The predicted octanol–water partition coefficient (Wildman–Crippen LogP) is 9.37. The average Bonchev–Trinajstić information content (AvgIpc) is 2.79. The van der Waals surface area contributed by atoms with Gasteiger partial charge < -0.3 is 0 Å². The van der Waals surface area contributed by atoms with Crippen molar-refractivity contribution in [2.45, 2.75) is 96.8 Å². The molecule has 0 heterocycles. The first kappa shape index (κ1) is 22.6. The van der Waals surface area contributed by atoms with Crippen LogP contribution in [0.3, 0.4) is 0 Å². The summed E-state index contributed by atoms with van der Waals surface area (Å²) in [5.41, 5.74) is 2.28. The van der Waals surface area contributed by atoms with Gasteiger partial charge in [-0.25, -0.2) is 4.39 Å². The number of unbranched alkanes of at least 4 members (excludes halogenated alkanes) is 2. The lowest BCUT2D eigenvalue weighted by Crippen LogP contribution is -2.30. The van der Waals surface area contributed by atoms with E-state index in [0.29, 0.717) is 5.92 Å². The number of benzene rings is 2. The van der Waals surface area contributed by atoms with Crippen LogP contribution in [0.5, 0.6) is 0 Å². The second-order valence-corrected chi connectivity index (χ2v) is 10.4. The molecule has 2 saturated carbocycles. The Morgan fingerprint density at radius 3 is 2.61 bits per heavy atom. The minimum atomic E-state index is -0.0424. The Morgan fingerprint density at radius 2 is 1.77 bits per heavy atom. The van der Waals surface area contributed by atoms with Crippen LogP contribution in [0.25, 0.3) is 10.8 Å². The number of hydrogen-bond acceptors (Lipinski definition) is 0. The fraction of sp³-hybridized carbons (Fsp3) is 0.600. The third kappa shape index (κ3) is 5.60. The Balaban J connectivity index is 1.40. The summed E-state index contributed by atoms with van der Waals surface area (Å²) in [6.07, 6.45) is 19.9. The molecular weight excluding hydrogens is 379 g/mol. The highest BCUT2D eigenvalue weighted by Gasteiger charge is 2.35. The van der Waals surface area contributed by atoms with Crippen molar-refractivity contribution in [1.82, 2.24) is 0 Å². The number of fused-ring (bicyclic) bond motifs is 2. The molecule has 0 spiro atoms. The minimum absolute atomic E-state index is 0.0424. The first-order valence-electron chi connectivity index (χ1n) is 13.0. The van der Waals surface area contributed by atoms with Gasteiger partial charge in [-0.05, 0) is 110 Å². The van der Waals surface area contributed by atoms with Crippen molar-refractivity contribution in [3.63, 3.8) is 0 Å². The molecule has 2 aromatic carbocycles. The quantitative estimate of drug-likeness (QED) is 0.295. The summed E-state index contributed by atoms with van der Waals surface area (Å²) in [6, 6.07) is 10.7. The molecule has 4 rings (SSSR count). The Kier molecular flexibility index (Phi) is 7.86. The molecule has 2 aliphatic carbocycles. The van der Waals surface area contributed by atoms with Crippen molar-refractivity contribution in [2.24, 2.45) is 17.8 Å². The molecule has 0 nitrogen and oxygen atoms in total. The van der Waals surface area contributed by atoms with E-state index < -0.39 is 0 Å². The van der Waals surface area contributed by atoms with Crippen molar-refractivity contribution in [2.75, 3.05) is 0 Å². The molecule has 168 valence electrons. The monoisotopic (exact) mass is 420 g/mol. The maximum Gasteiger partial charge on any atom is 0.127 e. The maximum absolute atomic E-state index is 14.7. The van der Waals surface area contributed by atoms with Crippen molar-refractivity contribution < 1.29 is 4.39 Å². The number of halogens is 1. The van der Waals surface area contributed by atoms with Gasteiger partial charge in [-0.15, -0.1) is 0 Å². The van der Waals surface area contributed by atoms with Crippen LogP contribution in [0.15, 0.2) is 42.5 Å². The molecule has 0 bridgehead atoms. The molecule has 2 aliphatic rings. The Morgan fingerprint density at radius 1 is 0.935 bits per heavy atom. The summed E-state index contributed by atoms with van der Waals surface area (Å²) in [5.74, 6) is 3.51. The molecular formula is C30H41F. The Hall–Kier alpha value is -1.63. The van der Waals surface area contributed by atoms with Gasteiger partial charge in [-0.2, -0.15) is 0 Å². The molecule has 0 saturated heterocycles. The van der Waals surface area contributed by atoms with Gasteiger partial charge in [0.2, 0.25) is 0 Å². The van der Waals surface area contributed by atoms with Crippen LogP contribution in [-0.2, 0) is 6.42 Å². The van der Waals surface area contributed by atoms with Gasteiger partial charge in [0.25, 0.3) is 0 Å². The normalized spacial score (nSPS) is 26.4. The van der Waals surface area contributed by atoms with Crippen LogP contribution >= 0.6 is 0 Å². The molecule has 2 fully saturated rings. The van der Waals surface area contributed by atoms with Crippen LogP contribution in [-0.4, -0.2) is 0 Å². The molecule has 0 aromatic heterocycles. The first-order chi connectivity index (χ1) is 15.2. The van der Waals surface area contributed by atoms with Gasteiger partial charge in [-0.1, -0.05) is 69.4 Å². The molecule has 0 N–H and O–H groups in total. The zero-order valence-electron chi connectivity index (χ0n) is 19.7. The van der Waals surface area contributed by atoms with Gasteiger partial charge in [-0.3, -0.25) is 0 Å². The van der Waals surface area contributed by atoms with Gasteiger partial charge in [0.15, 0.2) is 0 Å². The summed E-state index contributed by atoms with van der Waals surface area (Å²) in [4.78, 5) is 0. The van der Waals surface area contributed by atoms with Gasteiger partial charge in [0.1, 0.15) is 5.82 Å². The van der Waals surface area contributed by atoms with E-state index in [1.807, 2.05) is 13.0 Å². The molecule has 1 heteroatoms. The van der Waals surface area contributed by atoms with E-state index in [-0.39, 0.29) is 5.82 Å². The SMILES string of the molecule is CC=CCCc1cc2ccc(C3CCC4CC(CCCCC)CCC4C3)cc2cc1F. The second-order valence-electron chi connectivity index (χ2n) is 10.4. The van der Waals surface area contributed by atoms with E-state index in [9.17, 15) is 4.39 Å². The van der Waals surface area contributed by atoms with E-state index in [4.69, 9.17) is 0 Å². The van der Waals surface area contributed by atoms with Crippen molar-refractivity contribution in [1.29, 1.82) is 0 Å². The lowest BCUT2D eigenvalue weighted by Gasteiger charge is -2.42. The van der Waals surface area contributed by atoms with Gasteiger partial charge in [0, 0.05) is 0 Å². The van der Waals surface area contributed by atoms with E-state index in [1.165, 1.54) is 75.2 Å². The standard InChI is InChI=1S/C30H41F/c1-3-5-7-9-22-11-12-24-18-25(14-13-23(24)17-22)26-15-16-27-19-28(10-8-6-4-2)30(31)21-29(27)20-26/h4,6,15-16,19-25H,3,5,7-14,17-18H2,1-2H3. The minimum Gasteiger partial charge on any atom is -0.207 e. The summed E-state index contributed by atoms with van der Waals surface area (Å²) >= 11 is 0.